The summed E-state index contributed by atoms with van der Waals surface area (Å²) in [5.74, 6) is 2.64. The Labute approximate surface area is 150 Å². The minimum atomic E-state index is 0.276. The summed E-state index contributed by atoms with van der Waals surface area (Å²) in [6.45, 7) is 4.77. The molecule has 3 aromatic rings. The first-order valence-electron chi connectivity index (χ1n) is 8.11. The van der Waals surface area contributed by atoms with Crippen LogP contribution in [0.1, 0.15) is 22.5 Å². The Kier molecular flexibility index (Phi) is 5.49. The molecule has 0 bridgehead atoms. The van der Waals surface area contributed by atoms with Gasteiger partial charge in [-0.2, -0.15) is 0 Å². The molecule has 8 heteroatoms. The highest BCUT2D eigenvalue weighted by Gasteiger charge is 2.10. The number of furan rings is 1. The lowest BCUT2D eigenvalue weighted by Gasteiger charge is -2.16. The zero-order chi connectivity index (χ0) is 17.6. The van der Waals surface area contributed by atoms with Gasteiger partial charge in [0, 0.05) is 29.3 Å². The number of H-pyrrole nitrogens is 1. The molecule has 1 atom stereocenters. The van der Waals surface area contributed by atoms with Gasteiger partial charge in [0.15, 0.2) is 11.7 Å². The molecule has 0 saturated heterocycles. The Morgan fingerprint density at radius 1 is 1.40 bits per heavy atom. The smallest absolute Gasteiger partial charge is 0.216 e. The van der Waals surface area contributed by atoms with Crippen LogP contribution >= 0.6 is 11.3 Å². The first-order valence-corrected chi connectivity index (χ1v) is 8.93. The summed E-state index contributed by atoms with van der Waals surface area (Å²) in [6, 6.07) is 8.25. The minimum Gasteiger partial charge on any atom is -0.461 e. The fraction of sp³-hybridized carbons (Fsp3) is 0.353. The molecule has 0 saturated carbocycles. The third-order valence-corrected chi connectivity index (χ3v) is 4.63. The second-order valence-corrected chi connectivity index (χ2v) is 7.14. The van der Waals surface area contributed by atoms with Gasteiger partial charge in [0.05, 0.1) is 12.8 Å². The highest BCUT2D eigenvalue weighted by molar-refractivity contribution is 7.11. The van der Waals surface area contributed by atoms with Gasteiger partial charge in [-0.05, 0) is 38.1 Å². The summed E-state index contributed by atoms with van der Waals surface area (Å²) in [5, 5.41) is 13.7. The van der Waals surface area contributed by atoms with Crippen LogP contribution in [-0.2, 0) is 13.0 Å². The second-order valence-electron chi connectivity index (χ2n) is 5.77. The number of aliphatic imine (C=N–C) groups is 1. The number of nitrogens with zero attached hydrogens (tertiary/aromatic N) is 3. The van der Waals surface area contributed by atoms with E-state index in [1.54, 1.807) is 13.3 Å². The largest absolute Gasteiger partial charge is 0.461 e. The zero-order valence-electron chi connectivity index (χ0n) is 14.5. The summed E-state index contributed by atoms with van der Waals surface area (Å²) < 4.78 is 5.29. The van der Waals surface area contributed by atoms with E-state index in [-0.39, 0.29) is 6.04 Å². The van der Waals surface area contributed by atoms with E-state index in [1.165, 1.54) is 9.75 Å². The molecule has 0 aromatic carbocycles. The van der Waals surface area contributed by atoms with E-state index in [0.29, 0.717) is 18.1 Å². The lowest BCUT2D eigenvalue weighted by Crippen LogP contribution is -2.42. The fourth-order valence-corrected chi connectivity index (χ4v) is 3.45. The number of thiophene rings is 1. The molecule has 3 rings (SSSR count). The van der Waals surface area contributed by atoms with Crippen LogP contribution in [0.4, 0.5) is 0 Å². The van der Waals surface area contributed by atoms with Crippen molar-refractivity contribution in [1.29, 1.82) is 0 Å². The normalized spacial score (nSPS) is 13.0. The molecule has 0 fully saturated rings. The van der Waals surface area contributed by atoms with Crippen LogP contribution in [0.15, 0.2) is 39.9 Å². The molecule has 0 aliphatic carbocycles. The van der Waals surface area contributed by atoms with Gasteiger partial charge >= 0.3 is 0 Å². The Hall–Kier alpha value is -2.61. The van der Waals surface area contributed by atoms with Crippen molar-refractivity contribution in [1.82, 2.24) is 25.8 Å². The van der Waals surface area contributed by atoms with Crippen LogP contribution in [0.3, 0.4) is 0 Å². The van der Waals surface area contributed by atoms with Gasteiger partial charge in [0.2, 0.25) is 5.82 Å². The Morgan fingerprint density at radius 3 is 2.96 bits per heavy atom. The van der Waals surface area contributed by atoms with Crippen molar-refractivity contribution in [2.75, 3.05) is 7.05 Å². The number of aromatic amines is 1. The number of rotatable bonds is 6. The van der Waals surface area contributed by atoms with E-state index in [9.17, 15) is 0 Å². The topological polar surface area (TPSA) is 91.1 Å². The zero-order valence-corrected chi connectivity index (χ0v) is 15.4. The standard InChI is InChI=1S/C17H22N6OS/c1-11(9-13-7-6-12(2)25-13)20-17(18-3)19-10-15-21-16(23-22-15)14-5-4-8-24-14/h4-8,11H,9-10H2,1-3H3,(H2,18,19,20)(H,21,22,23). The van der Waals surface area contributed by atoms with Crippen molar-refractivity contribution in [2.24, 2.45) is 4.99 Å². The molecular formula is C17H22N6OS. The second kappa shape index (κ2) is 7.98. The van der Waals surface area contributed by atoms with E-state index in [4.69, 9.17) is 4.42 Å². The molecule has 0 amide bonds. The number of nitrogens with one attached hydrogen (secondary N) is 3. The van der Waals surface area contributed by atoms with E-state index in [1.807, 2.05) is 23.5 Å². The summed E-state index contributed by atoms with van der Waals surface area (Å²) in [7, 11) is 1.76. The van der Waals surface area contributed by atoms with Crippen LogP contribution in [0.25, 0.3) is 11.6 Å². The number of guanidine groups is 1. The maximum atomic E-state index is 5.29. The number of aryl methyl sites for hydroxylation is 1. The molecule has 0 aliphatic rings. The van der Waals surface area contributed by atoms with Gasteiger partial charge in [0.1, 0.15) is 5.82 Å². The molecular weight excluding hydrogens is 336 g/mol. The summed E-state index contributed by atoms with van der Waals surface area (Å²) in [5.41, 5.74) is 0. The molecule has 1 unspecified atom stereocenters. The quantitative estimate of drug-likeness (QED) is 0.465. The predicted octanol–water partition coefficient (Wildman–Crippen LogP) is 2.73. The molecule has 132 valence electrons. The van der Waals surface area contributed by atoms with Gasteiger partial charge in [-0.15, -0.1) is 16.4 Å². The SMILES string of the molecule is CN=C(NCc1nc(-c2ccco2)n[nH]1)NC(C)Cc1ccc(C)s1. The Bertz CT molecular complexity index is 820. The van der Waals surface area contributed by atoms with Gasteiger partial charge in [-0.25, -0.2) is 4.98 Å². The van der Waals surface area contributed by atoms with Crippen LogP contribution in [0, 0.1) is 6.92 Å². The van der Waals surface area contributed by atoms with Crippen LogP contribution < -0.4 is 10.6 Å². The minimum absolute atomic E-state index is 0.276. The maximum absolute atomic E-state index is 5.29. The van der Waals surface area contributed by atoms with Crippen molar-refractivity contribution in [3.8, 4) is 11.6 Å². The number of hydrogen-bond donors (Lipinski definition) is 3. The van der Waals surface area contributed by atoms with Crippen LogP contribution in [-0.4, -0.2) is 34.2 Å². The summed E-state index contributed by atoms with van der Waals surface area (Å²) >= 11 is 1.83. The molecule has 0 spiro atoms. The van der Waals surface area contributed by atoms with Crippen molar-refractivity contribution < 1.29 is 4.42 Å². The molecule has 7 nitrogen and oxygen atoms in total. The van der Waals surface area contributed by atoms with Gasteiger partial charge < -0.3 is 15.1 Å². The maximum Gasteiger partial charge on any atom is 0.216 e. The van der Waals surface area contributed by atoms with Gasteiger partial charge in [-0.3, -0.25) is 10.1 Å². The Balaban J connectivity index is 1.50. The molecule has 25 heavy (non-hydrogen) atoms. The van der Waals surface area contributed by atoms with Crippen molar-refractivity contribution in [3.63, 3.8) is 0 Å². The fourth-order valence-electron chi connectivity index (χ4n) is 2.43. The molecule has 0 aliphatic heterocycles. The van der Waals surface area contributed by atoms with Crippen LogP contribution in [0.5, 0.6) is 0 Å². The lowest BCUT2D eigenvalue weighted by atomic mass is 10.2. The third-order valence-electron chi connectivity index (χ3n) is 3.61. The molecule has 3 aromatic heterocycles. The molecule has 3 N–H and O–H groups in total. The van der Waals surface area contributed by atoms with E-state index < -0.39 is 0 Å². The summed E-state index contributed by atoms with van der Waals surface area (Å²) in [6.07, 6.45) is 2.57. The highest BCUT2D eigenvalue weighted by Crippen LogP contribution is 2.16. The molecule has 0 radical (unpaired) electrons. The van der Waals surface area contributed by atoms with Crippen molar-refractivity contribution >= 4 is 17.3 Å². The van der Waals surface area contributed by atoms with Gasteiger partial charge in [0.25, 0.3) is 0 Å². The van der Waals surface area contributed by atoms with Gasteiger partial charge in [-0.1, -0.05) is 0 Å². The van der Waals surface area contributed by atoms with Crippen LogP contribution in [0.2, 0.25) is 0 Å². The average Bonchev–Trinajstić information content (AvgIpc) is 3.33. The number of aromatic nitrogens is 3. The highest BCUT2D eigenvalue weighted by atomic mass is 32.1. The average molecular weight is 358 g/mol. The first-order chi connectivity index (χ1) is 12.1. The van der Waals surface area contributed by atoms with E-state index in [2.05, 4.69) is 56.8 Å². The monoisotopic (exact) mass is 358 g/mol. The molecule has 3 heterocycles. The summed E-state index contributed by atoms with van der Waals surface area (Å²) in [4.78, 5) is 11.4. The Morgan fingerprint density at radius 2 is 2.28 bits per heavy atom. The van der Waals surface area contributed by atoms with E-state index in [0.717, 1.165) is 18.2 Å². The van der Waals surface area contributed by atoms with Crippen molar-refractivity contribution in [2.45, 2.75) is 32.9 Å². The number of hydrogen-bond acceptors (Lipinski definition) is 5. The van der Waals surface area contributed by atoms with E-state index >= 15 is 0 Å². The van der Waals surface area contributed by atoms with Crippen molar-refractivity contribution in [3.05, 3.63) is 46.1 Å². The first kappa shape index (κ1) is 17.2. The third kappa shape index (κ3) is 4.69. The predicted molar refractivity (Wildman–Crippen MR) is 99.6 cm³/mol. The lowest BCUT2D eigenvalue weighted by molar-refractivity contribution is 0.577.